The van der Waals surface area contributed by atoms with E-state index < -0.39 is 0 Å². The summed E-state index contributed by atoms with van der Waals surface area (Å²) in [4.78, 5) is 18.8. The van der Waals surface area contributed by atoms with Crippen LogP contribution < -0.4 is 0 Å². The first kappa shape index (κ1) is 14.0. The number of aryl methyl sites for hydroxylation is 1. The molecule has 0 bridgehead atoms. The molecule has 0 N–H and O–H groups in total. The van der Waals surface area contributed by atoms with Gasteiger partial charge >= 0.3 is 0 Å². The molecule has 1 aromatic rings. The van der Waals surface area contributed by atoms with Gasteiger partial charge in [-0.1, -0.05) is 0 Å². The minimum absolute atomic E-state index is 0.194. The van der Waals surface area contributed by atoms with E-state index in [9.17, 15) is 4.79 Å². The summed E-state index contributed by atoms with van der Waals surface area (Å²) in [5.41, 5.74) is 0. The number of hydrogen-bond acceptors (Lipinski definition) is 4. The molecule has 0 aliphatic carbocycles. The normalized spacial score (nSPS) is 24.2. The van der Waals surface area contributed by atoms with Crippen molar-refractivity contribution < 1.29 is 9.53 Å². The van der Waals surface area contributed by atoms with Crippen LogP contribution >= 0.6 is 11.3 Å². The Hall–Kier alpha value is -0.910. The van der Waals surface area contributed by atoms with E-state index in [1.54, 1.807) is 11.3 Å². The number of hydrogen-bond donors (Lipinski definition) is 0. The molecule has 0 saturated carbocycles. The van der Waals surface area contributed by atoms with E-state index >= 15 is 0 Å². The highest BCUT2D eigenvalue weighted by Crippen LogP contribution is 2.19. The molecule has 0 aromatic carbocycles. The smallest absolute Gasteiger partial charge is 0.264 e. The lowest BCUT2D eigenvalue weighted by molar-refractivity contribution is 0.0435. The molecule has 0 unspecified atom stereocenters. The molecule has 0 spiro atoms. The minimum Gasteiger partial charge on any atom is -0.377 e. The molecule has 3 rings (SSSR count). The Kier molecular flexibility index (Phi) is 4.38. The zero-order chi connectivity index (χ0) is 13.9. The third kappa shape index (κ3) is 3.22. The number of carbonyl (C=O) groups is 1. The van der Waals surface area contributed by atoms with Crippen LogP contribution in [-0.2, 0) is 4.74 Å². The predicted molar refractivity (Wildman–Crippen MR) is 80.4 cm³/mol. The van der Waals surface area contributed by atoms with Crippen LogP contribution in [0.2, 0.25) is 0 Å². The van der Waals surface area contributed by atoms with Crippen LogP contribution in [0.25, 0.3) is 0 Å². The summed E-state index contributed by atoms with van der Waals surface area (Å²) in [6, 6.07) is 3.96. The molecule has 1 amide bonds. The number of amides is 1. The van der Waals surface area contributed by atoms with Gasteiger partial charge in [0.1, 0.15) is 0 Å². The molecular weight excluding hydrogens is 272 g/mol. The van der Waals surface area contributed by atoms with Gasteiger partial charge in [-0.05, 0) is 31.9 Å². The minimum atomic E-state index is 0.194. The van der Waals surface area contributed by atoms with Gasteiger partial charge in [-0.15, -0.1) is 11.3 Å². The Morgan fingerprint density at radius 3 is 2.75 bits per heavy atom. The lowest BCUT2D eigenvalue weighted by Crippen LogP contribution is -2.50. The van der Waals surface area contributed by atoms with Crippen LogP contribution in [0, 0.1) is 6.92 Å². The van der Waals surface area contributed by atoms with Gasteiger partial charge in [-0.3, -0.25) is 9.69 Å². The van der Waals surface area contributed by atoms with Gasteiger partial charge in [-0.25, -0.2) is 0 Å². The molecule has 4 nitrogen and oxygen atoms in total. The van der Waals surface area contributed by atoms with E-state index in [1.807, 2.05) is 24.0 Å². The quantitative estimate of drug-likeness (QED) is 0.855. The van der Waals surface area contributed by atoms with Crippen molar-refractivity contribution in [2.75, 3.05) is 39.3 Å². The standard InChI is InChI=1S/C15H22N2O2S/c1-12-4-5-14(20-12)15(18)17-8-6-16(7-9-17)11-13-3-2-10-19-13/h4-5,13H,2-3,6-11H2,1H3/t13-/m0/s1. The molecule has 5 heteroatoms. The number of ether oxygens (including phenoxy) is 1. The van der Waals surface area contributed by atoms with Crippen LogP contribution in [0.15, 0.2) is 12.1 Å². The van der Waals surface area contributed by atoms with Crippen molar-refractivity contribution in [3.05, 3.63) is 21.9 Å². The Labute approximate surface area is 124 Å². The molecule has 2 fully saturated rings. The molecule has 2 aliphatic rings. The summed E-state index contributed by atoms with van der Waals surface area (Å²) in [5, 5.41) is 0. The van der Waals surface area contributed by atoms with E-state index in [0.29, 0.717) is 6.10 Å². The maximum Gasteiger partial charge on any atom is 0.264 e. The van der Waals surface area contributed by atoms with Gasteiger partial charge in [0, 0.05) is 44.2 Å². The summed E-state index contributed by atoms with van der Waals surface area (Å²) >= 11 is 1.59. The lowest BCUT2D eigenvalue weighted by Gasteiger charge is -2.35. The van der Waals surface area contributed by atoms with Crippen molar-refractivity contribution in [1.82, 2.24) is 9.80 Å². The van der Waals surface area contributed by atoms with Gasteiger partial charge in [0.05, 0.1) is 11.0 Å². The van der Waals surface area contributed by atoms with Crippen LogP contribution in [0.4, 0.5) is 0 Å². The summed E-state index contributed by atoms with van der Waals surface area (Å²) < 4.78 is 5.68. The van der Waals surface area contributed by atoms with Crippen molar-refractivity contribution in [2.24, 2.45) is 0 Å². The third-order valence-electron chi connectivity index (χ3n) is 4.10. The number of rotatable bonds is 3. The maximum absolute atomic E-state index is 12.4. The monoisotopic (exact) mass is 294 g/mol. The van der Waals surface area contributed by atoms with Gasteiger partial charge < -0.3 is 9.64 Å². The van der Waals surface area contributed by atoms with E-state index in [2.05, 4.69) is 4.90 Å². The highest BCUT2D eigenvalue weighted by molar-refractivity contribution is 7.13. The van der Waals surface area contributed by atoms with Crippen molar-refractivity contribution in [2.45, 2.75) is 25.9 Å². The topological polar surface area (TPSA) is 32.8 Å². The van der Waals surface area contributed by atoms with Crippen LogP contribution in [0.3, 0.4) is 0 Å². The lowest BCUT2D eigenvalue weighted by atomic mass is 10.2. The second kappa shape index (κ2) is 6.24. The molecule has 2 aliphatic heterocycles. The molecule has 2 saturated heterocycles. The SMILES string of the molecule is Cc1ccc(C(=O)N2CCN(C[C@@H]3CCCO3)CC2)s1. The number of nitrogens with zero attached hydrogens (tertiary/aromatic N) is 2. The largest absolute Gasteiger partial charge is 0.377 e. The van der Waals surface area contributed by atoms with E-state index in [-0.39, 0.29) is 5.91 Å². The Morgan fingerprint density at radius 1 is 1.35 bits per heavy atom. The summed E-state index contributed by atoms with van der Waals surface area (Å²) in [6.07, 6.45) is 2.80. The van der Waals surface area contributed by atoms with Crippen molar-refractivity contribution in [3.8, 4) is 0 Å². The van der Waals surface area contributed by atoms with Crippen molar-refractivity contribution in [1.29, 1.82) is 0 Å². The molecule has 110 valence electrons. The summed E-state index contributed by atoms with van der Waals surface area (Å²) in [6.45, 7) is 7.60. The van der Waals surface area contributed by atoms with Gasteiger partial charge in [0.25, 0.3) is 5.91 Å². The molecular formula is C15H22N2O2S. The predicted octanol–water partition coefficient (Wildman–Crippen LogP) is 1.99. The second-order valence-corrected chi connectivity index (χ2v) is 6.93. The third-order valence-corrected chi connectivity index (χ3v) is 5.09. The van der Waals surface area contributed by atoms with Gasteiger partial charge in [0.2, 0.25) is 0 Å². The average molecular weight is 294 g/mol. The van der Waals surface area contributed by atoms with E-state index in [1.165, 1.54) is 17.7 Å². The number of thiophene rings is 1. The summed E-state index contributed by atoms with van der Waals surface area (Å²) in [7, 11) is 0. The summed E-state index contributed by atoms with van der Waals surface area (Å²) in [5.74, 6) is 0.194. The first-order chi connectivity index (χ1) is 9.72. The first-order valence-electron chi connectivity index (χ1n) is 7.42. The Bertz CT molecular complexity index is 460. The van der Waals surface area contributed by atoms with E-state index in [4.69, 9.17) is 4.74 Å². The van der Waals surface area contributed by atoms with Crippen molar-refractivity contribution in [3.63, 3.8) is 0 Å². The second-order valence-electron chi connectivity index (χ2n) is 5.64. The first-order valence-corrected chi connectivity index (χ1v) is 8.24. The highest BCUT2D eigenvalue weighted by atomic mass is 32.1. The number of piperazine rings is 1. The maximum atomic E-state index is 12.4. The zero-order valence-electron chi connectivity index (χ0n) is 12.0. The Balaban J connectivity index is 1.49. The van der Waals surface area contributed by atoms with Gasteiger partial charge in [0.15, 0.2) is 0 Å². The molecule has 20 heavy (non-hydrogen) atoms. The van der Waals surface area contributed by atoms with Crippen LogP contribution in [-0.4, -0.2) is 61.1 Å². The highest BCUT2D eigenvalue weighted by Gasteiger charge is 2.25. The number of carbonyl (C=O) groups excluding carboxylic acids is 1. The fourth-order valence-electron chi connectivity index (χ4n) is 2.92. The van der Waals surface area contributed by atoms with Crippen molar-refractivity contribution >= 4 is 17.2 Å². The molecule has 3 heterocycles. The molecule has 0 radical (unpaired) electrons. The van der Waals surface area contributed by atoms with E-state index in [0.717, 1.165) is 44.2 Å². The fraction of sp³-hybridized carbons (Fsp3) is 0.667. The fourth-order valence-corrected chi connectivity index (χ4v) is 3.75. The zero-order valence-corrected chi connectivity index (χ0v) is 12.8. The molecule has 1 atom stereocenters. The van der Waals surface area contributed by atoms with Crippen LogP contribution in [0.5, 0.6) is 0 Å². The van der Waals surface area contributed by atoms with Gasteiger partial charge in [-0.2, -0.15) is 0 Å². The average Bonchev–Trinajstić information content (AvgIpc) is 3.10. The van der Waals surface area contributed by atoms with Crippen LogP contribution in [0.1, 0.15) is 27.4 Å². The Morgan fingerprint density at radius 2 is 2.15 bits per heavy atom. The molecule has 1 aromatic heterocycles.